The quantitative estimate of drug-likeness (QED) is 0.682. The Morgan fingerprint density at radius 3 is 2.62 bits per heavy atom. The van der Waals surface area contributed by atoms with Crippen LogP contribution in [0.3, 0.4) is 0 Å². The Bertz CT molecular complexity index is 551. The third-order valence-corrected chi connectivity index (χ3v) is 2.83. The van der Waals surface area contributed by atoms with Crippen LogP contribution in [0, 0.1) is 0 Å². The van der Waals surface area contributed by atoms with Gasteiger partial charge in [-0.2, -0.15) is 0 Å². The van der Waals surface area contributed by atoms with E-state index in [2.05, 4.69) is 15.9 Å². The van der Waals surface area contributed by atoms with Crippen LogP contribution >= 0.6 is 27.5 Å². The third kappa shape index (κ3) is 2.13. The van der Waals surface area contributed by atoms with Crippen molar-refractivity contribution in [2.75, 3.05) is 5.73 Å². The van der Waals surface area contributed by atoms with Crippen LogP contribution in [-0.4, -0.2) is 5.78 Å². The van der Waals surface area contributed by atoms with Gasteiger partial charge in [0.2, 0.25) is 5.78 Å². The molecule has 2 aromatic rings. The van der Waals surface area contributed by atoms with Gasteiger partial charge in [0.15, 0.2) is 10.4 Å². The minimum Gasteiger partial charge on any atom is -0.446 e. The standard InChI is InChI=1S/C11H7BrClNO2/c12-10-4-3-9(16-10)11(15)6-1-2-7(13)8(14)5-6/h1-5H,14H2. The smallest absolute Gasteiger partial charge is 0.228 e. The Morgan fingerprint density at radius 2 is 2.06 bits per heavy atom. The highest BCUT2D eigenvalue weighted by atomic mass is 79.9. The van der Waals surface area contributed by atoms with E-state index in [-0.39, 0.29) is 11.5 Å². The molecule has 1 heterocycles. The van der Waals surface area contributed by atoms with Crippen LogP contribution in [0.15, 0.2) is 39.4 Å². The van der Waals surface area contributed by atoms with Gasteiger partial charge in [0, 0.05) is 5.56 Å². The van der Waals surface area contributed by atoms with Gasteiger partial charge in [-0.1, -0.05) is 11.6 Å². The molecule has 1 aromatic heterocycles. The fourth-order valence-corrected chi connectivity index (χ4v) is 1.69. The molecule has 0 saturated heterocycles. The topological polar surface area (TPSA) is 56.2 Å². The summed E-state index contributed by atoms with van der Waals surface area (Å²) in [5.41, 5.74) is 6.44. The summed E-state index contributed by atoms with van der Waals surface area (Å²) in [5, 5.41) is 0.428. The molecule has 82 valence electrons. The Labute approximate surface area is 105 Å². The van der Waals surface area contributed by atoms with Crippen molar-refractivity contribution in [3.63, 3.8) is 0 Å². The molecule has 0 saturated carbocycles. The highest BCUT2D eigenvalue weighted by Gasteiger charge is 2.13. The van der Waals surface area contributed by atoms with E-state index >= 15 is 0 Å². The molecule has 0 aliphatic heterocycles. The molecule has 0 spiro atoms. The first-order valence-electron chi connectivity index (χ1n) is 4.43. The SMILES string of the molecule is Nc1cc(C(=O)c2ccc(Br)o2)ccc1Cl. The van der Waals surface area contributed by atoms with Crippen molar-refractivity contribution in [3.05, 3.63) is 51.3 Å². The van der Waals surface area contributed by atoms with E-state index in [4.69, 9.17) is 21.8 Å². The van der Waals surface area contributed by atoms with E-state index in [1.54, 1.807) is 24.3 Å². The van der Waals surface area contributed by atoms with E-state index in [9.17, 15) is 4.79 Å². The summed E-state index contributed by atoms with van der Waals surface area (Å²) in [6.07, 6.45) is 0. The molecule has 2 N–H and O–H groups in total. The summed E-state index contributed by atoms with van der Waals surface area (Å²) in [7, 11) is 0. The number of carbonyl (C=O) groups excluding carboxylic acids is 1. The fraction of sp³-hybridized carbons (Fsp3) is 0. The maximum absolute atomic E-state index is 11.9. The largest absolute Gasteiger partial charge is 0.446 e. The third-order valence-electron chi connectivity index (χ3n) is 2.06. The molecule has 3 nitrogen and oxygen atoms in total. The minimum absolute atomic E-state index is 0.228. The van der Waals surface area contributed by atoms with Crippen molar-refractivity contribution in [1.82, 2.24) is 0 Å². The number of nitrogen functional groups attached to an aromatic ring is 1. The van der Waals surface area contributed by atoms with Crippen LogP contribution in [0.2, 0.25) is 5.02 Å². The summed E-state index contributed by atoms with van der Waals surface area (Å²) in [5.74, 6) is 0.0302. The Balaban J connectivity index is 2.38. The van der Waals surface area contributed by atoms with Gasteiger partial charge in [-0.3, -0.25) is 4.79 Å². The van der Waals surface area contributed by atoms with Gasteiger partial charge in [-0.25, -0.2) is 0 Å². The molecule has 5 heteroatoms. The maximum Gasteiger partial charge on any atom is 0.228 e. The molecule has 0 radical (unpaired) electrons. The number of rotatable bonds is 2. The van der Waals surface area contributed by atoms with Crippen molar-refractivity contribution in [2.24, 2.45) is 0 Å². The monoisotopic (exact) mass is 299 g/mol. The lowest BCUT2D eigenvalue weighted by Gasteiger charge is -2.01. The molecule has 1 aromatic carbocycles. The van der Waals surface area contributed by atoms with Gasteiger partial charge >= 0.3 is 0 Å². The number of hydrogen-bond donors (Lipinski definition) is 1. The van der Waals surface area contributed by atoms with Crippen molar-refractivity contribution in [1.29, 1.82) is 0 Å². The first kappa shape index (κ1) is 11.2. The first-order chi connectivity index (χ1) is 7.58. The second-order valence-electron chi connectivity index (χ2n) is 3.17. The Morgan fingerprint density at radius 1 is 1.31 bits per heavy atom. The van der Waals surface area contributed by atoms with Gasteiger partial charge in [0.1, 0.15) is 0 Å². The van der Waals surface area contributed by atoms with Gasteiger partial charge in [0.05, 0.1) is 10.7 Å². The second kappa shape index (κ2) is 4.31. The lowest BCUT2D eigenvalue weighted by Crippen LogP contribution is -2.00. The molecule has 2 rings (SSSR count). The second-order valence-corrected chi connectivity index (χ2v) is 4.36. The highest BCUT2D eigenvalue weighted by Crippen LogP contribution is 2.22. The molecule has 0 atom stereocenters. The molecular formula is C11H7BrClNO2. The lowest BCUT2D eigenvalue weighted by molar-refractivity contribution is 0.101. The van der Waals surface area contributed by atoms with E-state index in [1.807, 2.05) is 0 Å². The van der Waals surface area contributed by atoms with Gasteiger partial charge < -0.3 is 10.2 Å². The van der Waals surface area contributed by atoms with Gasteiger partial charge in [-0.05, 0) is 46.3 Å². The molecule has 0 bridgehead atoms. The van der Waals surface area contributed by atoms with Crippen molar-refractivity contribution in [3.8, 4) is 0 Å². The molecular weight excluding hydrogens is 293 g/mol. The van der Waals surface area contributed by atoms with Crippen LogP contribution < -0.4 is 5.73 Å². The number of carbonyl (C=O) groups is 1. The van der Waals surface area contributed by atoms with Crippen LogP contribution in [-0.2, 0) is 0 Å². The molecule has 0 fully saturated rings. The van der Waals surface area contributed by atoms with Crippen molar-refractivity contribution in [2.45, 2.75) is 0 Å². The number of benzene rings is 1. The van der Waals surface area contributed by atoms with E-state index in [0.29, 0.717) is 20.9 Å². The summed E-state index contributed by atoms with van der Waals surface area (Å²) < 4.78 is 5.67. The first-order valence-corrected chi connectivity index (χ1v) is 5.60. The zero-order valence-electron chi connectivity index (χ0n) is 8.04. The average Bonchev–Trinajstić information content (AvgIpc) is 2.68. The number of hydrogen-bond acceptors (Lipinski definition) is 3. The number of anilines is 1. The number of nitrogens with two attached hydrogens (primary N) is 1. The Kier molecular flexibility index (Phi) is 3.03. The van der Waals surface area contributed by atoms with E-state index in [0.717, 1.165) is 0 Å². The molecule has 0 unspecified atom stereocenters. The summed E-state index contributed by atoms with van der Waals surface area (Å²) in [4.78, 5) is 11.9. The average molecular weight is 301 g/mol. The number of halogens is 2. The van der Waals surface area contributed by atoms with Gasteiger partial charge in [-0.15, -0.1) is 0 Å². The van der Waals surface area contributed by atoms with E-state index < -0.39 is 0 Å². The lowest BCUT2D eigenvalue weighted by atomic mass is 10.1. The maximum atomic E-state index is 11.9. The van der Waals surface area contributed by atoms with Gasteiger partial charge in [0.25, 0.3) is 0 Å². The molecule has 0 amide bonds. The fourth-order valence-electron chi connectivity index (χ4n) is 1.26. The summed E-state index contributed by atoms with van der Waals surface area (Å²) >= 11 is 8.90. The highest BCUT2D eigenvalue weighted by molar-refractivity contribution is 9.10. The number of ketones is 1. The van der Waals surface area contributed by atoms with Crippen LogP contribution in [0.25, 0.3) is 0 Å². The zero-order valence-corrected chi connectivity index (χ0v) is 10.4. The molecule has 0 aliphatic rings. The van der Waals surface area contributed by atoms with Crippen molar-refractivity contribution < 1.29 is 9.21 Å². The predicted octanol–water partition coefficient (Wildman–Crippen LogP) is 3.51. The minimum atomic E-state index is -0.228. The van der Waals surface area contributed by atoms with E-state index in [1.165, 1.54) is 6.07 Å². The normalized spacial score (nSPS) is 10.4. The predicted molar refractivity (Wildman–Crippen MR) is 65.7 cm³/mol. The molecule has 0 aliphatic carbocycles. The summed E-state index contributed by atoms with van der Waals surface area (Å²) in [6, 6.07) is 7.98. The van der Waals surface area contributed by atoms with Crippen LogP contribution in [0.5, 0.6) is 0 Å². The summed E-state index contributed by atoms with van der Waals surface area (Å²) in [6.45, 7) is 0. The zero-order chi connectivity index (χ0) is 11.7. The number of furan rings is 1. The Hall–Kier alpha value is -1.26. The van der Waals surface area contributed by atoms with Crippen molar-refractivity contribution >= 4 is 39.0 Å². The van der Waals surface area contributed by atoms with Crippen LogP contribution in [0.1, 0.15) is 16.1 Å². The van der Waals surface area contributed by atoms with Crippen LogP contribution in [0.4, 0.5) is 5.69 Å². The molecule has 16 heavy (non-hydrogen) atoms.